The molecule has 104 valence electrons. The molecule has 0 aromatic rings. The lowest BCUT2D eigenvalue weighted by Crippen LogP contribution is -2.47. The number of rotatable bonds is 6. The van der Waals surface area contributed by atoms with Gasteiger partial charge in [0, 0.05) is 12.2 Å². The predicted molar refractivity (Wildman–Crippen MR) is 64.1 cm³/mol. The van der Waals surface area contributed by atoms with Crippen LogP contribution in [0.15, 0.2) is 0 Å². The van der Waals surface area contributed by atoms with Crippen LogP contribution in [0.25, 0.3) is 0 Å². The topological polar surface area (TPSA) is 97.7 Å². The average molecular weight is 278 g/mol. The van der Waals surface area contributed by atoms with E-state index in [1.165, 1.54) is 6.92 Å². The molecule has 1 aliphatic heterocycles. The zero-order valence-corrected chi connectivity index (χ0v) is 11.2. The first kappa shape index (κ1) is 15.1. The van der Waals surface area contributed by atoms with Gasteiger partial charge in [0.2, 0.25) is 0 Å². The van der Waals surface area contributed by atoms with Crippen LogP contribution in [-0.2, 0) is 24.2 Å². The molecule has 0 radical (unpaired) electrons. The van der Waals surface area contributed by atoms with Gasteiger partial charge < -0.3 is 9.84 Å². The van der Waals surface area contributed by atoms with Gasteiger partial charge in [-0.15, -0.1) is 0 Å². The molecule has 1 fully saturated rings. The molecule has 7 heteroatoms. The summed E-state index contributed by atoms with van der Waals surface area (Å²) in [7, 11) is -3.14. The molecule has 1 N–H and O–H groups in total. The Kier molecular flexibility index (Phi) is 4.86. The summed E-state index contributed by atoms with van der Waals surface area (Å²) in [4.78, 5) is 23.0. The van der Waals surface area contributed by atoms with Crippen LogP contribution in [0.4, 0.5) is 0 Å². The van der Waals surface area contributed by atoms with E-state index in [9.17, 15) is 23.1 Å². The van der Waals surface area contributed by atoms with Crippen LogP contribution >= 0.6 is 0 Å². The molecule has 0 amide bonds. The minimum atomic E-state index is -3.14. The second kappa shape index (κ2) is 5.79. The lowest BCUT2D eigenvalue weighted by molar-refractivity contribution is -0.165. The fourth-order valence-electron chi connectivity index (χ4n) is 1.97. The zero-order valence-electron chi connectivity index (χ0n) is 10.3. The summed E-state index contributed by atoms with van der Waals surface area (Å²) < 4.78 is 27.7. The molecular weight excluding hydrogens is 260 g/mol. The Morgan fingerprint density at radius 2 is 2.17 bits per heavy atom. The van der Waals surface area contributed by atoms with Gasteiger partial charge in [-0.2, -0.15) is 0 Å². The highest BCUT2D eigenvalue weighted by Gasteiger charge is 2.47. The van der Waals surface area contributed by atoms with Crippen molar-refractivity contribution in [2.75, 3.05) is 24.7 Å². The molecule has 0 saturated carbocycles. The largest absolute Gasteiger partial charge is 0.480 e. The van der Waals surface area contributed by atoms with Crippen molar-refractivity contribution in [2.45, 2.75) is 26.2 Å². The second-order valence-electron chi connectivity index (χ2n) is 4.45. The van der Waals surface area contributed by atoms with Gasteiger partial charge in [-0.3, -0.25) is 9.59 Å². The summed E-state index contributed by atoms with van der Waals surface area (Å²) in [5.41, 5.74) is -1.55. The Labute approximate surface area is 106 Å². The average Bonchev–Trinajstić information content (AvgIpc) is 2.31. The molecular formula is C11H18O6S. The van der Waals surface area contributed by atoms with Crippen molar-refractivity contribution >= 4 is 21.6 Å². The number of ketones is 1. The molecule has 0 spiro atoms. The molecule has 1 aliphatic rings. The van der Waals surface area contributed by atoms with E-state index >= 15 is 0 Å². The monoisotopic (exact) mass is 278 g/mol. The third kappa shape index (κ3) is 3.29. The van der Waals surface area contributed by atoms with Gasteiger partial charge >= 0.3 is 5.97 Å². The van der Waals surface area contributed by atoms with Crippen LogP contribution in [0.2, 0.25) is 0 Å². The maximum absolute atomic E-state index is 11.8. The number of carbonyl (C=O) groups excluding carboxylic acids is 1. The number of sulfone groups is 1. The maximum atomic E-state index is 11.8. The van der Waals surface area contributed by atoms with Crippen molar-refractivity contribution < 1.29 is 27.9 Å². The first-order chi connectivity index (χ1) is 8.34. The summed E-state index contributed by atoms with van der Waals surface area (Å²) in [6.07, 6.45) is 0.255. The number of carboxylic acids is 1. The Hall–Kier alpha value is -0.950. The third-order valence-corrected chi connectivity index (χ3v) is 5.05. The highest BCUT2D eigenvalue weighted by molar-refractivity contribution is 7.91. The van der Waals surface area contributed by atoms with E-state index in [2.05, 4.69) is 0 Å². The molecule has 0 bridgehead atoms. The Morgan fingerprint density at radius 1 is 1.50 bits per heavy atom. The van der Waals surface area contributed by atoms with Gasteiger partial charge in [-0.25, -0.2) is 8.42 Å². The minimum Gasteiger partial charge on any atom is -0.480 e. The number of Topliss-reactive ketones (excluding diaryl/α,β-unsaturated/α-hetero) is 1. The third-order valence-electron chi connectivity index (χ3n) is 3.26. The van der Waals surface area contributed by atoms with Crippen LogP contribution in [0.5, 0.6) is 0 Å². The highest BCUT2D eigenvalue weighted by Crippen LogP contribution is 2.31. The fourth-order valence-corrected chi connectivity index (χ4v) is 2.84. The summed E-state index contributed by atoms with van der Waals surface area (Å²) >= 11 is 0. The lowest BCUT2D eigenvalue weighted by Gasteiger charge is -2.31. The number of aliphatic carboxylic acids is 1. The predicted octanol–water partition coefficient (Wildman–Crippen LogP) is 0.262. The van der Waals surface area contributed by atoms with Crippen molar-refractivity contribution in [2.24, 2.45) is 5.41 Å². The van der Waals surface area contributed by atoms with Gasteiger partial charge in [0.05, 0.1) is 19.0 Å². The SMILES string of the molecule is CCS(=O)(=O)CCCC1(C(=O)O)COCCC1=O. The van der Waals surface area contributed by atoms with Gasteiger partial charge in [0.15, 0.2) is 5.78 Å². The van der Waals surface area contributed by atoms with Crippen molar-refractivity contribution in [3.05, 3.63) is 0 Å². The molecule has 1 atom stereocenters. The fraction of sp³-hybridized carbons (Fsp3) is 0.818. The highest BCUT2D eigenvalue weighted by atomic mass is 32.2. The van der Waals surface area contributed by atoms with E-state index in [1.54, 1.807) is 0 Å². The number of hydrogen-bond donors (Lipinski definition) is 1. The maximum Gasteiger partial charge on any atom is 0.319 e. The van der Waals surface area contributed by atoms with Gasteiger partial charge in [0.25, 0.3) is 0 Å². The number of carboxylic acid groups (broad SMARTS) is 1. The Morgan fingerprint density at radius 3 is 2.67 bits per heavy atom. The smallest absolute Gasteiger partial charge is 0.319 e. The molecule has 1 rings (SSSR count). The summed E-state index contributed by atoms with van der Waals surface area (Å²) in [5, 5.41) is 9.20. The van der Waals surface area contributed by atoms with Gasteiger partial charge in [-0.1, -0.05) is 6.92 Å². The van der Waals surface area contributed by atoms with Crippen molar-refractivity contribution in [3.8, 4) is 0 Å². The second-order valence-corrected chi connectivity index (χ2v) is 6.93. The lowest BCUT2D eigenvalue weighted by atomic mass is 9.77. The van der Waals surface area contributed by atoms with Crippen LogP contribution < -0.4 is 0 Å². The van der Waals surface area contributed by atoms with E-state index < -0.39 is 21.2 Å². The molecule has 1 heterocycles. The van der Waals surface area contributed by atoms with Gasteiger partial charge in [0.1, 0.15) is 15.3 Å². The Bertz CT molecular complexity index is 427. The molecule has 6 nitrogen and oxygen atoms in total. The van der Waals surface area contributed by atoms with Crippen molar-refractivity contribution in [1.82, 2.24) is 0 Å². The van der Waals surface area contributed by atoms with Crippen LogP contribution in [0, 0.1) is 5.41 Å². The van der Waals surface area contributed by atoms with Crippen LogP contribution in [0.3, 0.4) is 0 Å². The normalized spacial score (nSPS) is 25.1. The summed E-state index contributed by atoms with van der Waals surface area (Å²) in [6.45, 7) is 1.62. The van der Waals surface area contributed by atoms with Crippen molar-refractivity contribution in [1.29, 1.82) is 0 Å². The van der Waals surface area contributed by atoms with E-state index in [1.807, 2.05) is 0 Å². The first-order valence-corrected chi connectivity index (χ1v) is 7.71. The van der Waals surface area contributed by atoms with E-state index in [4.69, 9.17) is 4.74 Å². The van der Waals surface area contributed by atoms with Gasteiger partial charge in [-0.05, 0) is 12.8 Å². The van der Waals surface area contributed by atoms with Crippen LogP contribution in [0.1, 0.15) is 26.2 Å². The first-order valence-electron chi connectivity index (χ1n) is 5.89. The quantitative estimate of drug-likeness (QED) is 0.700. The van der Waals surface area contributed by atoms with Crippen LogP contribution in [-0.4, -0.2) is 50.0 Å². The molecule has 1 unspecified atom stereocenters. The number of carbonyl (C=O) groups is 2. The Balaban J connectivity index is 2.70. The summed E-state index contributed by atoms with van der Waals surface area (Å²) in [6, 6.07) is 0. The molecule has 0 aromatic carbocycles. The van der Waals surface area contributed by atoms with E-state index in [-0.39, 0.29) is 49.8 Å². The van der Waals surface area contributed by atoms with E-state index in [0.29, 0.717) is 0 Å². The van der Waals surface area contributed by atoms with Crippen molar-refractivity contribution in [3.63, 3.8) is 0 Å². The van der Waals surface area contributed by atoms with E-state index in [0.717, 1.165) is 0 Å². The number of ether oxygens (including phenoxy) is 1. The molecule has 18 heavy (non-hydrogen) atoms. The number of hydrogen-bond acceptors (Lipinski definition) is 5. The molecule has 1 saturated heterocycles. The zero-order chi connectivity index (χ0) is 13.8. The molecule has 0 aliphatic carbocycles. The molecule has 0 aromatic heterocycles. The summed E-state index contributed by atoms with van der Waals surface area (Å²) in [5.74, 6) is -1.65. The minimum absolute atomic E-state index is 0.0143. The standard InChI is InChI=1S/C11H18O6S/c1-2-18(15,16)7-3-5-11(10(13)14)8-17-6-4-9(11)12/h2-8H2,1H3,(H,13,14).